The van der Waals surface area contributed by atoms with Crippen molar-refractivity contribution in [3.63, 3.8) is 0 Å². The van der Waals surface area contributed by atoms with Gasteiger partial charge < -0.3 is 9.30 Å². The molecule has 1 aromatic heterocycles. The molecule has 2 aromatic carbocycles. The third kappa shape index (κ3) is 5.34. The van der Waals surface area contributed by atoms with E-state index in [-0.39, 0.29) is 23.4 Å². The van der Waals surface area contributed by atoms with Crippen molar-refractivity contribution in [3.05, 3.63) is 86.6 Å². The van der Waals surface area contributed by atoms with Gasteiger partial charge in [0.1, 0.15) is 0 Å². The van der Waals surface area contributed by atoms with Gasteiger partial charge in [-0.3, -0.25) is 24.6 Å². The Balaban J connectivity index is 1.53. The molecule has 0 saturated carbocycles. The fourth-order valence-electron chi connectivity index (χ4n) is 3.78. The number of methoxy groups -OCH3 is 1. The predicted molar refractivity (Wildman–Crippen MR) is 137 cm³/mol. The summed E-state index contributed by atoms with van der Waals surface area (Å²) < 4.78 is 7.09. The first-order valence-electron chi connectivity index (χ1n) is 10.7. The summed E-state index contributed by atoms with van der Waals surface area (Å²) in [6, 6.07) is 16.5. The molecule has 2 amide bonds. The van der Waals surface area contributed by atoms with Crippen LogP contribution in [0.2, 0.25) is 0 Å². The highest BCUT2D eigenvalue weighted by molar-refractivity contribution is 8.18. The summed E-state index contributed by atoms with van der Waals surface area (Å²) in [6.07, 6.45) is 1.77. The average molecular weight is 510 g/mol. The van der Waals surface area contributed by atoms with Crippen LogP contribution in [-0.2, 0) is 9.53 Å². The van der Waals surface area contributed by atoms with Crippen LogP contribution in [0.1, 0.15) is 17.0 Å². The number of hydrogen-bond acceptors (Lipinski definition) is 7. The summed E-state index contributed by atoms with van der Waals surface area (Å²) in [6.45, 7) is 4.52. The van der Waals surface area contributed by atoms with Crippen LogP contribution in [0, 0.1) is 24.0 Å². The number of aromatic nitrogens is 1. The van der Waals surface area contributed by atoms with Crippen LogP contribution in [0.5, 0.6) is 0 Å². The number of carbonyl (C=O) groups excluding carboxylic acids is 2. The molecule has 0 radical (unpaired) electrons. The SMILES string of the molecule is COCCN1C(=O)S/C(=C/c2cc(C)n(-c3ccc(Sc4ccc([N+](=O)[O-])cc4)cc3)c2C)C1=O. The largest absolute Gasteiger partial charge is 0.383 e. The number of non-ortho nitro benzene ring substituents is 1. The predicted octanol–water partition coefficient (Wildman–Crippen LogP) is 5.84. The number of carbonyl (C=O) groups is 2. The van der Waals surface area contributed by atoms with Gasteiger partial charge >= 0.3 is 0 Å². The maximum absolute atomic E-state index is 12.7. The van der Waals surface area contributed by atoms with Crippen molar-refractivity contribution < 1.29 is 19.2 Å². The first-order valence-corrected chi connectivity index (χ1v) is 12.4. The summed E-state index contributed by atoms with van der Waals surface area (Å²) in [7, 11) is 1.53. The van der Waals surface area contributed by atoms with Crippen molar-refractivity contribution in [2.24, 2.45) is 0 Å². The second-order valence-corrected chi connectivity index (χ2v) is 9.98. The summed E-state index contributed by atoms with van der Waals surface area (Å²) >= 11 is 2.47. The molecule has 1 fully saturated rings. The van der Waals surface area contributed by atoms with Gasteiger partial charge in [0.05, 0.1) is 23.0 Å². The van der Waals surface area contributed by atoms with E-state index >= 15 is 0 Å². The minimum absolute atomic E-state index is 0.0683. The van der Waals surface area contributed by atoms with Gasteiger partial charge in [-0.15, -0.1) is 0 Å². The summed E-state index contributed by atoms with van der Waals surface area (Å²) in [4.78, 5) is 38.8. The number of amides is 2. The lowest BCUT2D eigenvalue weighted by Crippen LogP contribution is -2.31. The summed E-state index contributed by atoms with van der Waals surface area (Å²) in [5, 5.41) is 10.5. The lowest BCUT2D eigenvalue weighted by Gasteiger charge is -2.11. The summed E-state index contributed by atoms with van der Waals surface area (Å²) in [5.74, 6) is -0.297. The molecule has 1 saturated heterocycles. The van der Waals surface area contributed by atoms with E-state index in [2.05, 4.69) is 4.57 Å². The first-order chi connectivity index (χ1) is 16.8. The molecule has 180 valence electrons. The van der Waals surface area contributed by atoms with Crippen LogP contribution in [0.25, 0.3) is 11.8 Å². The lowest BCUT2D eigenvalue weighted by molar-refractivity contribution is -0.384. The number of rotatable bonds is 8. The third-order valence-electron chi connectivity index (χ3n) is 5.53. The third-order valence-corrected chi connectivity index (χ3v) is 7.45. The van der Waals surface area contributed by atoms with E-state index in [1.165, 1.54) is 35.9 Å². The molecule has 35 heavy (non-hydrogen) atoms. The Morgan fingerprint density at radius 3 is 2.29 bits per heavy atom. The number of nitro groups is 1. The highest BCUT2D eigenvalue weighted by Crippen LogP contribution is 2.34. The Labute approximate surface area is 211 Å². The molecular formula is C25H23N3O5S2. The maximum Gasteiger partial charge on any atom is 0.293 e. The number of ether oxygens (including phenoxy) is 1. The van der Waals surface area contributed by atoms with Crippen molar-refractivity contribution in [2.45, 2.75) is 23.6 Å². The van der Waals surface area contributed by atoms with Crippen molar-refractivity contribution in [1.82, 2.24) is 9.47 Å². The molecule has 2 heterocycles. The molecule has 10 heteroatoms. The van der Waals surface area contributed by atoms with E-state index < -0.39 is 4.92 Å². The molecular weight excluding hydrogens is 486 g/mol. The van der Waals surface area contributed by atoms with Gasteiger partial charge in [-0.25, -0.2) is 0 Å². The number of benzene rings is 2. The Kier molecular flexibility index (Phi) is 7.44. The average Bonchev–Trinajstić information content (AvgIpc) is 3.27. The van der Waals surface area contributed by atoms with E-state index in [4.69, 9.17) is 4.74 Å². The highest BCUT2D eigenvalue weighted by atomic mass is 32.2. The van der Waals surface area contributed by atoms with Crippen LogP contribution < -0.4 is 0 Å². The molecule has 3 aromatic rings. The Hall–Kier alpha value is -3.34. The zero-order valence-electron chi connectivity index (χ0n) is 19.4. The standard InChI is InChI=1S/C25H23N3O5S2/c1-16-14-18(15-23-24(29)26(12-13-33-3)25(30)35-23)17(2)27(16)19-4-8-21(9-5-19)34-22-10-6-20(7-11-22)28(31)32/h4-11,14-15H,12-13H2,1-3H3/b23-15+. The second kappa shape index (κ2) is 10.5. The quantitative estimate of drug-likeness (QED) is 0.214. The molecule has 0 bridgehead atoms. The zero-order valence-corrected chi connectivity index (χ0v) is 21.0. The van der Waals surface area contributed by atoms with Crippen molar-refractivity contribution in [3.8, 4) is 5.69 Å². The zero-order chi connectivity index (χ0) is 25.1. The number of nitro benzene ring substituents is 1. The van der Waals surface area contributed by atoms with Crippen LogP contribution in [0.3, 0.4) is 0 Å². The van der Waals surface area contributed by atoms with Gasteiger partial charge in [-0.1, -0.05) is 11.8 Å². The maximum atomic E-state index is 12.7. The van der Waals surface area contributed by atoms with Gasteiger partial charge in [0.25, 0.3) is 16.8 Å². The van der Waals surface area contributed by atoms with E-state index in [1.807, 2.05) is 44.2 Å². The van der Waals surface area contributed by atoms with Gasteiger partial charge in [-0.05, 0) is 79.7 Å². The van der Waals surface area contributed by atoms with Gasteiger partial charge in [-0.2, -0.15) is 0 Å². The molecule has 4 rings (SSSR count). The Bertz CT molecular complexity index is 1310. The first kappa shape index (κ1) is 24.8. The van der Waals surface area contributed by atoms with Gasteiger partial charge in [0, 0.05) is 46.1 Å². The Morgan fingerprint density at radius 2 is 1.69 bits per heavy atom. The molecule has 0 N–H and O–H groups in total. The molecule has 0 aliphatic carbocycles. The van der Waals surface area contributed by atoms with Crippen LogP contribution in [0.15, 0.2) is 69.3 Å². The number of thioether (sulfide) groups is 1. The number of imide groups is 1. The van der Waals surface area contributed by atoms with E-state index in [0.717, 1.165) is 44.2 Å². The fourth-order valence-corrected chi connectivity index (χ4v) is 5.46. The highest BCUT2D eigenvalue weighted by Gasteiger charge is 2.34. The minimum atomic E-state index is -0.411. The fraction of sp³-hybridized carbons (Fsp3) is 0.200. The van der Waals surface area contributed by atoms with Crippen molar-refractivity contribution in [2.75, 3.05) is 20.3 Å². The minimum Gasteiger partial charge on any atom is -0.383 e. The smallest absolute Gasteiger partial charge is 0.293 e. The molecule has 0 atom stereocenters. The lowest BCUT2D eigenvalue weighted by atomic mass is 10.2. The van der Waals surface area contributed by atoms with E-state index in [1.54, 1.807) is 18.2 Å². The monoisotopic (exact) mass is 509 g/mol. The molecule has 0 unspecified atom stereocenters. The molecule has 0 spiro atoms. The van der Waals surface area contributed by atoms with Crippen LogP contribution in [0.4, 0.5) is 10.5 Å². The van der Waals surface area contributed by atoms with E-state index in [9.17, 15) is 19.7 Å². The normalized spacial score (nSPS) is 14.8. The topological polar surface area (TPSA) is 94.7 Å². The number of hydrogen-bond donors (Lipinski definition) is 0. The van der Waals surface area contributed by atoms with E-state index in [0.29, 0.717) is 11.5 Å². The van der Waals surface area contributed by atoms with Crippen LogP contribution in [-0.4, -0.2) is 45.8 Å². The number of aryl methyl sites for hydroxylation is 1. The molecule has 1 aliphatic heterocycles. The summed E-state index contributed by atoms with van der Waals surface area (Å²) in [5.41, 5.74) is 3.88. The Morgan fingerprint density at radius 1 is 1.06 bits per heavy atom. The van der Waals surface area contributed by atoms with Crippen LogP contribution >= 0.6 is 23.5 Å². The van der Waals surface area contributed by atoms with Gasteiger partial charge in [0.2, 0.25) is 0 Å². The molecule has 8 nitrogen and oxygen atoms in total. The number of nitrogens with zero attached hydrogens (tertiary/aromatic N) is 3. The van der Waals surface area contributed by atoms with Crippen molar-refractivity contribution >= 4 is 46.4 Å². The van der Waals surface area contributed by atoms with Crippen molar-refractivity contribution in [1.29, 1.82) is 0 Å². The second-order valence-electron chi connectivity index (χ2n) is 7.84. The molecule has 1 aliphatic rings. The van der Waals surface area contributed by atoms with Gasteiger partial charge in [0.15, 0.2) is 0 Å².